The molecule has 0 aliphatic carbocycles. The predicted octanol–water partition coefficient (Wildman–Crippen LogP) is 2.82. The van der Waals surface area contributed by atoms with Gasteiger partial charge in [0.2, 0.25) is 0 Å². The summed E-state index contributed by atoms with van der Waals surface area (Å²) in [6.45, 7) is 0.248. The number of nitrogens with one attached hydrogen (secondary N) is 1. The average Bonchev–Trinajstić information content (AvgIpc) is 2.64. The molecule has 0 bridgehead atoms. The molecule has 0 aliphatic heterocycles. The molecule has 0 spiro atoms. The van der Waals surface area contributed by atoms with Crippen LogP contribution in [0, 0.1) is 0 Å². The molecule has 0 heterocycles. The van der Waals surface area contributed by atoms with Gasteiger partial charge in [-0.05, 0) is 36.4 Å². The van der Waals surface area contributed by atoms with Gasteiger partial charge in [0, 0.05) is 37.0 Å². The molecule has 0 fully saturated rings. The summed E-state index contributed by atoms with van der Waals surface area (Å²) < 4.78 is 5.03. The van der Waals surface area contributed by atoms with E-state index in [0.29, 0.717) is 12.1 Å². The molecule has 0 aliphatic rings. The molecule has 2 aromatic carbocycles. The summed E-state index contributed by atoms with van der Waals surface area (Å²) in [5.74, 6) is -0.0403. The van der Waals surface area contributed by atoms with Crippen LogP contribution in [0.5, 0.6) is 0 Å². The van der Waals surface area contributed by atoms with Crippen molar-refractivity contribution in [3.05, 3.63) is 60.2 Å². The number of hydrogen-bond acceptors (Lipinski definition) is 5. The number of amides is 1. The van der Waals surface area contributed by atoms with Gasteiger partial charge in [-0.1, -0.05) is 18.2 Å². The SMILES string of the molecule is CN(C)c1ccc(C(=O)OCC(=O)NCCSc2ccccc2)cc1. The van der Waals surface area contributed by atoms with Gasteiger partial charge in [-0.3, -0.25) is 4.79 Å². The molecule has 25 heavy (non-hydrogen) atoms. The molecule has 1 N–H and O–H groups in total. The van der Waals surface area contributed by atoms with E-state index in [2.05, 4.69) is 5.32 Å². The van der Waals surface area contributed by atoms with Gasteiger partial charge in [-0.25, -0.2) is 4.79 Å². The second kappa shape index (κ2) is 9.74. The third-order valence-electron chi connectivity index (χ3n) is 3.39. The smallest absolute Gasteiger partial charge is 0.338 e. The molecule has 0 aromatic heterocycles. The summed E-state index contributed by atoms with van der Waals surface area (Å²) in [5.41, 5.74) is 1.42. The molecule has 5 nitrogen and oxygen atoms in total. The molecule has 0 atom stereocenters. The summed E-state index contributed by atoms with van der Waals surface area (Å²) >= 11 is 1.66. The molecule has 2 aromatic rings. The van der Waals surface area contributed by atoms with Crippen LogP contribution in [0.25, 0.3) is 0 Å². The Morgan fingerprint density at radius 1 is 1.04 bits per heavy atom. The fraction of sp³-hybridized carbons (Fsp3) is 0.263. The van der Waals surface area contributed by atoms with Gasteiger partial charge in [0.1, 0.15) is 0 Å². The van der Waals surface area contributed by atoms with Crippen LogP contribution in [0.15, 0.2) is 59.5 Å². The Hall–Kier alpha value is -2.47. The Bertz CT molecular complexity index is 688. The topological polar surface area (TPSA) is 58.6 Å². The van der Waals surface area contributed by atoms with Crippen molar-refractivity contribution in [1.29, 1.82) is 0 Å². The minimum absolute atomic E-state index is 0.274. The lowest BCUT2D eigenvalue weighted by Crippen LogP contribution is -2.30. The first kappa shape index (κ1) is 18.9. The number of carbonyl (C=O) groups is 2. The highest BCUT2D eigenvalue weighted by atomic mass is 32.2. The number of hydrogen-bond donors (Lipinski definition) is 1. The van der Waals surface area contributed by atoms with E-state index in [1.807, 2.05) is 61.5 Å². The Morgan fingerprint density at radius 2 is 1.72 bits per heavy atom. The molecule has 1 amide bonds. The number of nitrogens with zero attached hydrogens (tertiary/aromatic N) is 1. The normalized spacial score (nSPS) is 10.2. The van der Waals surface area contributed by atoms with Gasteiger partial charge >= 0.3 is 5.97 Å². The van der Waals surface area contributed by atoms with Crippen molar-refractivity contribution in [3.8, 4) is 0 Å². The van der Waals surface area contributed by atoms with Crippen LogP contribution in [0.1, 0.15) is 10.4 Å². The number of rotatable bonds is 8. The lowest BCUT2D eigenvalue weighted by Gasteiger charge is -2.12. The molecule has 0 unspecified atom stereocenters. The molecule has 132 valence electrons. The maximum absolute atomic E-state index is 11.9. The van der Waals surface area contributed by atoms with Crippen molar-refractivity contribution in [2.24, 2.45) is 0 Å². The molecule has 0 saturated heterocycles. The lowest BCUT2D eigenvalue weighted by molar-refractivity contribution is -0.124. The molecule has 0 saturated carbocycles. The van der Waals surface area contributed by atoms with E-state index in [9.17, 15) is 9.59 Å². The number of ether oxygens (including phenoxy) is 1. The summed E-state index contributed by atoms with van der Waals surface area (Å²) in [5, 5.41) is 2.74. The van der Waals surface area contributed by atoms with E-state index >= 15 is 0 Å². The molecule has 0 radical (unpaired) electrons. The Morgan fingerprint density at radius 3 is 2.36 bits per heavy atom. The zero-order chi connectivity index (χ0) is 18.1. The fourth-order valence-electron chi connectivity index (χ4n) is 2.04. The largest absolute Gasteiger partial charge is 0.452 e. The number of thioether (sulfide) groups is 1. The number of carbonyl (C=O) groups excluding carboxylic acids is 2. The first-order chi connectivity index (χ1) is 12.1. The van der Waals surface area contributed by atoms with Crippen molar-refractivity contribution in [2.45, 2.75) is 4.90 Å². The predicted molar refractivity (Wildman–Crippen MR) is 101 cm³/mol. The Kier molecular flexibility index (Phi) is 7.35. The van der Waals surface area contributed by atoms with Crippen molar-refractivity contribution in [3.63, 3.8) is 0 Å². The van der Waals surface area contributed by atoms with Crippen molar-refractivity contribution >= 4 is 29.3 Å². The van der Waals surface area contributed by atoms with Crippen molar-refractivity contribution < 1.29 is 14.3 Å². The Balaban J connectivity index is 1.66. The average molecular weight is 358 g/mol. The summed E-state index contributed by atoms with van der Waals surface area (Å²) in [7, 11) is 3.85. The highest BCUT2D eigenvalue weighted by Crippen LogP contribution is 2.15. The van der Waals surface area contributed by atoms with Crippen LogP contribution in [0.2, 0.25) is 0 Å². The highest BCUT2D eigenvalue weighted by molar-refractivity contribution is 7.99. The third-order valence-corrected chi connectivity index (χ3v) is 4.40. The van der Waals surface area contributed by atoms with Crippen LogP contribution in [-0.4, -0.2) is 44.9 Å². The van der Waals surface area contributed by atoms with Crippen LogP contribution in [-0.2, 0) is 9.53 Å². The standard InChI is InChI=1S/C19H22N2O3S/c1-21(2)16-10-8-15(9-11-16)19(23)24-14-18(22)20-12-13-25-17-6-4-3-5-7-17/h3-11H,12-14H2,1-2H3,(H,20,22). The van der Waals surface area contributed by atoms with E-state index < -0.39 is 5.97 Å². The molecular formula is C19H22N2O3S. The van der Waals surface area contributed by atoms with Crippen molar-refractivity contribution in [2.75, 3.05) is 37.9 Å². The molecular weight excluding hydrogens is 336 g/mol. The fourth-order valence-corrected chi connectivity index (χ4v) is 2.83. The van der Waals surface area contributed by atoms with E-state index in [4.69, 9.17) is 4.74 Å². The van der Waals surface area contributed by atoms with Gasteiger partial charge in [0.05, 0.1) is 5.56 Å². The first-order valence-electron chi connectivity index (χ1n) is 7.95. The highest BCUT2D eigenvalue weighted by Gasteiger charge is 2.10. The number of anilines is 1. The Labute approximate surface area is 152 Å². The van der Waals surface area contributed by atoms with Gasteiger partial charge in [0.15, 0.2) is 6.61 Å². The second-order valence-corrected chi connectivity index (χ2v) is 6.70. The van der Waals surface area contributed by atoms with Crippen LogP contribution in [0.3, 0.4) is 0 Å². The van der Waals surface area contributed by atoms with Gasteiger partial charge in [-0.15, -0.1) is 11.8 Å². The van der Waals surface area contributed by atoms with E-state index in [1.165, 1.54) is 0 Å². The minimum atomic E-state index is -0.501. The van der Waals surface area contributed by atoms with E-state index in [1.54, 1.807) is 23.9 Å². The third kappa shape index (κ3) is 6.51. The van der Waals surface area contributed by atoms with E-state index in [-0.39, 0.29) is 12.5 Å². The summed E-state index contributed by atoms with van der Waals surface area (Å²) in [6, 6.07) is 17.0. The first-order valence-corrected chi connectivity index (χ1v) is 8.94. The van der Waals surface area contributed by atoms with E-state index in [0.717, 1.165) is 16.3 Å². The van der Waals surface area contributed by atoms with Gasteiger partial charge in [-0.2, -0.15) is 0 Å². The lowest BCUT2D eigenvalue weighted by atomic mass is 10.2. The zero-order valence-electron chi connectivity index (χ0n) is 14.4. The number of benzene rings is 2. The van der Waals surface area contributed by atoms with Gasteiger partial charge < -0.3 is 15.0 Å². The zero-order valence-corrected chi connectivity index (χ0v) is 15.2. The van der Waals surface area contributed by atoms with Crippen molar-refractivity contribution in [1.82, 2.24) is 5.32 Å². The maximum atomic E-state index is 11.9. The maximum Gasteiger partial charge on any atom is 0.338 e. The molecule has 2 rings (SSSR count). The summed E-state index contributed by atoms with van der Waals surface area (Å²) in [6.07, 6.45) is 0. The monoisotopic (exact) mass is 358 g/mol. The number of esters is 1. The van der Waals surface area contributed by atoms with Crippen LogP contribution in [0.4, 0.5) is 5.69 Å². The summed E-state index contributed by atoms with van der Waals surface area (Å²) in [4.78, 5) is 26.8. The quantitative estimate of drug-likeness (QED) is 0.447. The molecule has 6 heteroatoms. The second-order valence-electron chi connectivity index (χ2n) is 5.53. The van der Waals surface area contributed by atoms with Crippen LogP contribution < -0.4 is 10.2 Å². The minimum Gasteiger partial charge on any atom is -0.452 e. The van der Waals surface area contributed by atoms with Gasteiger partial charge in [0.25, 0.3) is 5.91 Å². The van der Waals surface area contributed by atoms with Crippen LogP contribution >= 0.6 is 11.8 Å².